The Morgan fingerprint density at radius 2 is 2.00 bits per heavy atom. The number of rotatable bonds is 2. The zero-order valence-corrected chi connectivity index (χ0v) is 14.9. The van der Waals surface area contributed by atoms with E-state index in [0.29, 0.717) is 16.4 Å². The largest absolute Gasteiger partial charge is 0.398 e. The molecule has 0 unspecified atom stereocenters. The molecule has 1 aromatic carbocycles. The highest BCUT2D eigenvalue weighted by atomic mass is 35.5. The molecule has 1 aliphatic heterocycles. The number of halogens is 1. The van der Waals surface area contributed by atoms with Gasteiger partial charge in [0.25, 0.3) is 10.0 Å². The highest BCUT2D eigenvalue weighted by Gasteiger charge is 2.32. The van der Waals surface area contributed by atoms with Crippen molar-refractivity contribution in [2.45, 2.75) is 30.9 Å². The Bertz CT molecular complexity index is 800. The number of thiophene rings is 1. The Morgan fingerprint density at radius 1 is 1.27 bits per heavy atom. The summed E-state index contributed by atoms with van der Waals surface area (Å²) in [6.45, 7) is 4.29. The molecule has 0 spiro atoms. The molecule has 0 fully saturated rings. The molecule has 1 aromatic heterocycles. The first-order valence-corrected chi connectivity index (χ1v) is 9.14. The van der Waals surface area contributed by atoms with E-state index in [2.05, 4.69) is 0 Å². The minimum absolute atomic E-state index is 0. The number of nitrogens with zero attached hydrogens (tertiary/aromatic N) is 1. The third kappa shape index (κ3) is 2.71. The minimum atomic E-state index is -3.51. The minimum Gasteiger partial charge on any atom is -0.398 e. The first-order chi connectivity index (χ1) is 9.91. The van der Waals surface area contributed by atoms with E-state index >= 15 is 0 Å². The summed E-state index contributed by atoms with van der Waals surface area (Å²) in [5.41, 5.74) is 9.16. The summed E-state index contributed by atoms with van der Waals surface area (Å²) in [7, 11) is -3.51. The number of anilines is 2. The normalized spacial score (nSPS) is 14.4. The van der Waals surface area contributed by atoms with Gasteiger partial charge >= 0.3 is 0 Å². The predicted octanol–water partition coefficient (Wildman–Crippen LogP) is 3.51. The SMILES string of the molecule is Cc1cc(C)c(S(=O)(=O)N2CCCc3c(N)cccc32)s1.Cl. The fourth-order valence-electron chi connectivity index (χ4n) is 2.84. The van der Waals surface area contributed by atoms with Gasteiger partial charge in [0.05, 0.1) is 5.69 Å². The number of nitrogen functional groups attached to an aromatic ring is 1. The number of hydrogen-bond acceptors (Lipinski definition) is 4. The molecular weight excluding hydrogens is 340 g/mol. The molecule has 7 heteroatoms. The topological polar surface area (TPSA) is 63.4 Å². The summed E-state index contributed by atoms with van der Waals surface area (Å²) < 4.78 is 27.9. The molecule has 0 radical (unpaired) electrons. The van der Waals surface area contributed by atoms with Crippen molar-refractivity contribution in [1.82, 2.24) is 0 Å². The quantitative estimate of drug-likeness (QED) is 0.835. The van der Waals surface area contributed by atoms with Crippen molar-refractivity contribution in [2.75, 3.05) is 16.6 Å². The van der Waals surface area contributed by atoms with Crippen molar-refractivity contribution in [3.05, 3.63) is 40.3 Å². The number of aryl methyl sites for hydroxylation is 2. The second-order valence-electron chi connectivity index (χ2n) is 5.35. The van der Waals surface area contributed by atoms with Crippen LogP contribution in [0.5, 0.6) is 0 Å². The van der Waals surface area contributed by atoms with Crippen LogP contribution in [0.2, 0.25) is 0 Å². The molecule has 0 saturated carbocycles. The van der Waals surface area contributed by atoms with E-state index in [1.807, 2.05) is 38.1 Å². The molecule has 0 amide bonds. The Labute approximate surface area is 141 Å². The number of hydrogen-bond donors (Lipinski definition) is 1. The van der Waals surface area contributed by atoms with E-state index in [4.69, 9.17) is 5.73 Å². The van der Waals surface area contributed by atoms with E-state index in [1.165, 1.54) is 15.6 Å². The second-order valence-corrected chi connectivity index (χ2v) is 8.67. The lowest BCUT2D eigenvalue weighted by Crippen LogP contribution is -2.35. The van der Waals surface area contributed by atoms with E-state index < -0.39 is 10.0 Å². The lowest BCUT2D eigenvalue weighted by molar-refractivity contribution is 0.588. The summed E-state index contributed by atoms with van der Waals surface area (Å²) in [5, 5.41) is 0. The van der Waals surface area contributed by atoms with Gasteiger partial charge in [0.1, 0.15) is 4.21 Å². The summed E-state index contributed by atoms with van der Waals surface area (Å²) >= 11 is 1.33. The van der Waals surface area contributed by atoms with Gasteiger partial charge < -0.3 is 5.73 Å². The van der Waals surface area contributed by atoms with E-state index in [0.717, 1.165) is 34.5 Å². The Kier molecular flexibility index (Phi) is 4.75. The first kappa shape index (κ1) is 17.1. The van der Waals surface area contributed by atoms with Crippen LogP contribution in [0.1, 0.15) is 22.4 Å². The third-order valence-corrected chi connectivity index (χ3v) is 7.34. The Morgan fingerprint density at radius 3 is 2.64 bits per heavy atom. The molecule has 2 aromatic rings. The van der Waals surface area contributed by atoms with Crippen molar-refractivity contribution in [3.63, 3.8) is 0 Å². The maximum Gasteiger partial charge on any atom is 0.274 e. The van der Waals surface area contributed by atoms with Gasteiger partial charge in [0.15, 0.2) is 0 Å². The molecular formula is C15H19ClN2O2S2. The third-order valence-electron chi connectivity index (χ3n) is 3.76. The molecule has 1 aliphatic rings. The maximum atomic E-state index is 13.0. The number of nitrogens with two attached hydrogens (primary N) is 1. The van der Waals surface area contributed by atoms with E-state index in [9.17, 15) is 8.42 Å². The van der Waals surface area contributed by atoms with Crippen LogP contribution >= 0.6 is 23.7 Å². The van der Waals surface area contributed by atoms with Gasteiger partial charge in [-0.15, -0.1) is 23.7 Å². The fraction of sp³-hybridized carbons (Fsp3) is 0.333. The predicted molar refractivity (Wildman–Crippen MR) is 94.7 cm³/mol. The van der Waals surface area contributed by atoms with Crippen LogP contribution in [0.25, 0.3) is 0 Å². The number of benzene rings is 1. The molecule has 0 aliphatic carbocycles. The summed E-state index contributed by atoms with van der Waals surface area (Å²) in [6.07, 6.45) is 1.63. The van der Waals surface area contributed by atoms with E-state index in [1.54, 1.807) is 0 Å². The van der Waals surface area contributed by atoms with E-state index in [-0.39, 0.29) is 12.4 Å². The van der Waals surface area contributed by atoms with Crippen molar-refractivity contribution in [3.8, 4) is 0 Å². The summed E-state index contributed by atoms with van der Waals surface area (Å²) in [5.74, 6) is 0. The second kappa shape index (κ2) is 6.10. The number of fused-ring (bicyclic) bond motifs is 1. The summed E-state index contributed by atoms with van der Waals surface area (Å²) in [4.78, 5) is 1.01. The Balaban J connectivity index is 0.00000176. The highest BCUT2D eigenvalue weighted by Crippen LogP contribution is 2.37. The zero-order chi connectivity index (χ0) is 15.2. The highest BCUT2D eigenvalue weighted by molar-refractivity contribution is 7.94. The Hall–Kier alpha value is -1.24. The smallest absolute Gasteiger partial charge is 0.274 e. The molecule has 0 saturated heterocycles. The molecule has 2 N–H and O–H groups in total. The monoisotopic (exact) mass is 358 g/mol. The van der Waals surface area contributed by atoms with Crippen LogP contribution in [0.4, 0.5) is 11.4 Å². The standard InChI is InChI=1S/C15H18N2O2S2.ClH/c1-10-9-11(2)20-15(10)21(18,19)17-8-4-5-12-13(16)6-3-7-14(12)17;/h3,6-7,9H,4-5,8,16H2,1-2H3;1H. The van der Waals surface area contributed by atoms with Gasteiger partial charge in [0, 0.05) is 17.1 Å². The van der Waals surface area contributed by atoms with Gasteiger partial charge in [-0.3, -0.25) is 4.31 Å². The molecule has 0 bridgehead atoms. The van der Waals surface area contributed by atoms with Crippen LogP contribution in [0, 0.1) is 13.8 Å². The van der Waals surface area contributed by atoms with Crippen LogP contribution in [-0.2, 0) is 16.4 Å². The zero-order valence-electron chi connectivity index (χ0n) is 12.5. The molecule has 4 nitrogen and oxygen atoms in total. The van der Waals surface area contributed by atoms with Gasteiger partial charge in [-0.2, -0.15) is 0 Å². The van der Waals surface area contributed by atoms with Gasteiger partial charge in [-0.25, -0.2) is 8.42 Å². The van der Waals surface area contributed by atoms with Gasteiger partial charge in [-0.05, 0) is 56.0 Å². The van der Waals surface area contributed by atoms with Gasteiger partial charge in [-0.1, -0.05) is 6.07 Å². The molecule has 2 heterocycles. The van der Waals surface area contributed by atoms with Crippen LogP contribution in [0.15, 0.2) is 28.5 Å². The molecule has 0 atom stereocenters. The first-order valence-electron chi connectivity index (χ1n) is 6.88. The van der Waals surface area contributed by atoms with Crippen molar-refractivity contribution in [1.29, 1.82) is 0 Å². The van der Waals surface area contributed by atoms with Crippen LogP contribution in [0.3, 0.4) is 0 Å². The lowest BCUT2D eigenvalue weighted by Gasteiger charge is -2.31. The average Bonchev–Trinajstić information content (AvgIpc) is 2.78. The van der Waals surface area contributed by atoms with Gasteiger partial charge in [0.2, 0.25) is 0 Å². The van der Waals surface area contributed by atoms with Crippen LogP contribution < -0.4 is 10.0 Å². The average molecular weight is 359 g/mol. The van der Waals surface area contributed by atoms with Crippen molar-refractivity contribution >= 4 is 45.1 Å². The maximum absolute atomic E-state index is 13.0. The summed E-state index contributed by atoms with van der Waals surface area (Å²) in [6, 6.07) is 7.41. The number of sulfonamides is 1. The lowest BCUT2D eigenvalue weighted by atomic mass is 10.0. The molecule has 120 valence electrons. The molecule has 22 heavy (non-hydrogen) atoms. The van der Waals surface area contributed by atoms with Crippen LogP contribution in [-0.4, -0.2) is 15.0 Å². The van der Waals surface area contributed by atoms with Crippen molar-refractivity contribution in [2.24, 2.45) is 0 Å². The molecule has 3 rings (SSSR count). The fourth-order valence-corrected chi connectivity index (χ4v) is 6.14. The van der Waals surface area contributed by atoms with Crippen molar-refractivity contribution < 1.29 is 8.42 Å².